The molecule has 0 unspecified atom stereocenters. The van der Waals surface area contributed by atoms with Gasteiger partial charge in [0.25, 0.3) is 0 Å². The molecule has 0 bridgehead atoms. The highest BCUT2D eigenvalue weighted by atomic mass is 32.2. The second kappa shape index (κ2) is 7.22. The Morgan fingerprint density at radius 3 is 2.96 bits per heavy atom. The molecule has 1 saturated heterocycles. The Bertz CT molecular complexity index is 775. The van der Waals surface area contributed by atoms with Crippen LogP contribution in [0.15, 0.2) is 46.0 Å². The first-order valence-corrected chi connectivity index (χ1v) is 10.5. The van der Waals surface area contributed by atoms with Crippen molar-refractivity contribution in [3.63, 3.8) is 0 Å². The quantitative estimate of drug-likeness (QED) is 0.816. The zero-order valence-corrected chi connectivity index (χ0v) is 15.5. The molecule has 2 aliphatic rings. The van der Waals surface area contributed by atoms with Crippen LogP contribution in [0.25, 0.3) is 0 Å². The summed E-state index contributed by atoms with van der Waals surface area (Å²) in [7, 11) is 0. The standard InChI is InChI=1S/C19H20N2O2S2/c22-18(20-9-3-5-15(20)14-8-11-24-12-14)7-10-21-16-4-1-2-6-17(16)25-13-19(21)23/h1-2,4,6,8,11-12,15H,3,5,7,9-10,13H2/t15-/m0/s1. The van der Waals surface area contributed by atoms with E-state index in [0.29, 0.717) is 18.7 Å². The lowest BCUT2D eigenvalue weighted by atomic mass is 10.1. The molecule has 0 N–H and O–H groups in total. The predicted octanol–water partition coefficient (Wildman–Crippen LogP) is 3.94. The van der Waals surface area contributed by atoms with E-state index in [2.05, 4.69) is 16.8 Å². The lowest BCUT2D eigenvalue weighted by molar-refractivity contribution is -0.131. The monoisotopic (exact) mass is 372 g/mol. The van der Waals surface area contributed by atoms with Crippen molar-refractivity contribution in [3.8, 4) is 0 Å². The summed E-state index contributed by atoms with van der Waals surface area (Å²) >= 11 is 3.25. The minimum absolute atomic E-state index is 0.0901. The topological polar surface area (TPSA) is 40.6 Å². The maximum Gasteiger partial charge on any atom is 0.237 e. The van der Waals surface area contributed by atoms with Gasteiger partial charge in [0, 0.05) is 24.4 Å². The van der Waals surface area contributed by atoms with E-state index in [4.69, 9.17) is 0 Å². The first kappa shape index (κ1) is 16.7. The average molecular weight is 373 g/mol. The number of thioether (sulfide) groups is 1. The third-order valence-electron chi connectivity index (χ3n) is 4.86. The van der Waals surface area contributed by atoms with Crippen LogP contribution in [0.3, 0.4) is 0 Å². The van der Waals surface area contributed by atoms with Gasteiger partial charge in [-0.25, -0.2) is 0 Å². The number of carbonyl (C=O) groups excluding carboxylic acids is 2. The Balaban J connectivity index is 1.44. The molecule has 0 radical (unpaired) electrons. The van der Waals surface area contributed by atoms with Crippen molar-refractivity contribution in [1.29, 1.82) is 0 Å². The fraction of sp³-hybridized carbons (Fsp3) is 0.368. The molecule has 3 heterocycles. The van der Waals surface area contributed by atoms with Gasteiger partial charge >= 0.3 is 0 Å². The van der Waals surface area contributed by atoms with Gasteiger partial charge in [0.15, 0.2) is 0 Å². The molecular weight excluding hydrogens is 352 g/mol. The lowest BCUT2D eigenvalue weighted by Gasteiger charge is -2.30. The molecule has 0 saturated carbocycles. The molecule has 2 aromatic rings. The molecule has 6 heteroatoms. The van der Waals surface area contributed by atoms with Crippen LogP contribution < -0.4 is 4.90 Å². The molecule has 0 spiro atoms. The summed E-state index contributed by atoms with van der Waals surface area (Å²) in [5.74, 6) is 0.691. The van der Waals surface area contributed by atoms with Crippen molar-refractivity contribution in [3.05, 3.63) is 46.7 Å². The number of hydrogen-bond acceptors (Lipinski definition) is 4. The summed E-state index contributed by atoms with van der Waals surface area (Å²) < 4.78 is 0. The van der Waals surface area contributed by atoms with E-state index in [1.54, 1.807) is 28.0 Å². The molecule has 4 rings (SSSR count). The number of para-hydroxylation sites is 1. The lowest BCUT2D eigenvalue weighted by Crippen LogP contribution is -2.39. The molecule has 1 aromatic carbocycles. The Labute approximate surface area is 155 Å². The van der Waals surface area contributed by atoms with Gasteiger partial charge in [0.1, 0.15) is 0 Å². The van der Waals surface area contributed by atoms with Gasteiger partial charge in [-0.05, 0) is 47.4 Å². The highest BCUT2D eigenvalue weighted by molar-refractivity contribution is 8.00. The third-order valence-corrected chi connectivity index (χ3v) is 6.61. The zero-order chi connectivity index (χ0) is 17.2. The molecule has 1 aromatic heterocycles. The van der Waals surface area contributed by atoms with Gasteiger partial charge in [-0.1, -0.05) is 12.1 Å². The average Bonchev–Trinajstić information content (AvgIpc) is 3.31. The van der Waals surface area contributed by atoms with Gasteiger partial charge in [-0.3, -0.25) is 9.59 Å². The molecule has 1 fully saturated rings. The SMILES string of the molecule is O=C1CSc2ccccc2N1CCC(=O)N1CCC[C@H]1c1ccsc1. The molecule has 2 amide bonds. The van der Waals surface area contributed by atoms with E-state index in [0.717, 1.165) is 30.0 Å². The third kappa shape index (κ3) is 3.33. The van der Waals surface area contributed by atoms with E-state index >= 15 is 0 Å². The van der Waals surface area contributed by atoms with E-state index in [-0.39, 0.29) is 17.9 Å². The summed E-state index contributed by atoms with van der Waals surface area (Å²) in [4.78, 5) is 30.0. The molecule has 4 nitrogen and oxygen atoms in total. The van der Waals surface area contributed by atoms with E-state index < -0.39 is 0 Å². The number of benzene rings is 1. The van der Waals surface area contributed by atoms with Crippen molar-refractivity contribution in [2.75, 3.05) is 23.7 Å². The van der Waals surface area contributed by atoms with Gasteiger partial charge in [-0.15, -0.1) is 11.8 Å². The molecule has 1 atom stereocenters. The summed E-state index contributed by atoms with van der Waals surface area (Å²) in [6, 6.07) is 10.3. The largest absolute Gasteiger partial charge is 0.336 e. The first-order chi connectivity index (χ1) is 12.2. The molecular formula is C19H20N2O2S2. The number of likely N-dealkylation sites (tertiary alicyclic amines) is 1. The fourth-order valence-electron chi connectivity index (χ4n) is 3.63. The van der Waals surface area contributed by atoms with Crippen molar-refractivity contribution >= 4 is 40.6 Å². The highest BCUT2D eigenvalue weighted by Crippen LogP contribution is 2.36. The van der Waals surface area contributed by atoms with Crippen molar-refractivity contribution in [1.82, 2.24) is 4.90 Å². The number of nitrogens with zero attached hydrogens (tertiary/aromatic N) is 2. The van der Waals surface area contributed by atoms with Crippen molar-refractivity contribution < 1.29 is 9.59 Å². The van der Waals surface area contributed by atoms with Crippen LogP contribution in [0.5, 0.6) is 0 Å². The summed E-state index contributed by atoms with van der Waals surface area (Å²) in [6.45, 7) is 1.28. The number of carbonyl (C=O) groups is 2. The zero-order valence-electron chi connectivity index (χ0n) is 13.9. The Morgan fingerprint density at radius 2 is 2.12 bits per heavy atom. The maximum absolute atomic E-state index is 12.8. The molecule has 0 aliphatic carbocycles. The summed E-state index contributed by atoms with van der Waals surface area (Å²) in [5.41, 5.74) is 2.18. The minimum atomic E-state index is 0.0901. The van der Waals surface area contributed by atoms with Crippen LogP contribution in [0, 0.1) is 0 Å². The Hall–Kier alpha value is -1.79. The summed E-state index contributed by atoms with van der Waals surface area (Å²) in [6.07, 6.45) is 2.46. The minimum Gasteiger partial charge on any atom is -0.336 e. The molecule has 130 valence electrons. The second-order valence-corrected chi connectivity index (χ2v) is 8.15. The second-order valence-electron chi connectivity index (χ2n) is 6.35. The first-order valence-electron chi connectivity index (χ1n) is 8.58. The van der Waals surface area contributed by atoms with Crippen LogP contribution in [-0.4, -0.2) is 35.6 Å². The van der Waals surface area contributed by atoms with Gasteiger partial charge < -0.3 is 9.80 Å². The molecule has 25 heavy (non-hydrogen) atoms. The van der Waals surface area contributed by atoms with Gasteiger partial charge in [0.05, 0.1) is 17.5 Å². The van der Waals surface area contributed by atoms with Crippen LogP contribution in [0.4, 0.5) is 5.69 Å². The maximum atomic E-state index is 12.8. The van der Waals surface area contributed by atoms with Crippen LogP contribution in [-0.2, 0) is 9.59 Å². The molecule has 2 aliphatic heterocycles. The van der Waals surface area contributed by atoms with Crippen LogP contribution in [0.2, 0.25) is 0 Å². The van der Waals surface area contributed by atoms with Crippen LogP contribution in [0.1, 0.15) is 30.9 Å². The number of amides is 2. The van der Waals surface area contributed by atoms with Gasteiger partial charge in [0.2, 0.25) is 11.8 Å². The number of hydrogen-bond donors (Lipinski definition) is 0. The fourth-order valence-corrected chi connectivity index (χ4v) is 5.27. The van der Waals surface area contributed by atoms with Crippen molar-refractivity contribution in [2.24, 2.45) is 0 Å². The smallest absolute Gasteiger partial charge is 0.237 e. The number of anilines is 1. The highest BCUT2D eigenvalue weighted by Gasteiger charge is 2.31. The van der Waals surface area contributed by atoms with E-state index in [1.807, 2.05) is 29.2 Å². The number of thiophene rings is 1. The number of rotatable bonds is 4. The Morgan fingerprint density at radius 1 is 1.24 bits per heavy atom. The summed E-state index contributed by atoms with van der Waals surface area (Å²) in [5, 5.41) is 4.20. The normalized spacial score (nSPS) is 20.0. The van der Waals surface area contributed by atoms with Gasteiger partial charge in [-0.2, -0.15) is 11.3 Å². The van der Waals surface area contributed by atoms with E-state index in [1.165, 1.54) is 5.56 Å². The Kier molecular flexibility index (Phi) is 4.81. The predicted molar refractivity (Wildman–Crippen MR) is 102 cm³/mol. The van der Waals surface area contributed by atoms with Crippen molar-refractivity contribution in [2.45, 2.75) is 30.2 Å². The number of fused-ring (bicyclic) bond motifs is 1. The van der Waals surface area contributed by atoms with E-state index in [9.17, 15) is 9.59 Å². The van der Waals surface area contributed by atoms with Crippen LogP contribution >= 0.6 is 23.1 Å².